The molecule has 198 valence electrons. The third-order valence-corrected chi connectivity index (χ3v) is 5.92. The first kappa shape index (κ1) is 28.3. The Morgan fingerprint density at radius 2 is 1.45 bits per heavy atom. The van der Waals surface area contributed by atoms with Gasteiger partial charge in [-0.15, -0.1) is 0 Å². The first-order chi connectivity index (χ1) is 18.2. The predicted octanol–water partition coefficient (Wildman–Crippen LogP) is 6.66. The molecule has 0 aliphatic carbocycles. The summed E-state index contributed by atoms with van der Waals surface area (Å²) in [6, 6.07) is 27.0. The van der Waals surface area contributed by atoms with Crippen LogP contribution in [0.1, 0.15) is 50.8 Å². The average molecular weight is 515 g/mol. The molecule has 1 amide bonds. The fourth-order valence-electron chi connectivity index (χ4n) is 4.34. The van der Waals surface area contributed by atoms with E-state index < -0.39 is 35.5 Å². The number of amides is 1. The smallest absolute Gasteiger partial charge is 0.415 e. The van der Waals surface area contributed by atoms with Gasteiger partial charge in [-0.1, -0.05) is 60.7 Å². The van der Waals surface area contributed by atoms with Crippen molar-refractivity contribution in [3.63, 3.8) is 0 Å². The fraction of sp³-hybridized carbons (Fsp3) is 0.323. The van der Waals surface area contributed by atoms with Crippen molar-refractivity contribution in [1.29, 1.82) is 5.26 Å². The van der Waals surface area contributed by atoms with E-state index in [1.165, 1.54) is 4.90 Å². The molecule has 0 saturated carbocycles. The monoisotopic (exact) mass is 514 g/mol. The normalized spacial score (nSPS) is 13.4. The highest BCUT2D eigenvalue weighted by molar-refractivity contribution is 5.90. The molecule has 0 radical (unpaired) electrons. The van der Waals surface area contributed by atoms with Crippen molar-refractivity contribution in [3.05, 3.63) is 96.1 Å². The number of ether oxygens (including phenoxy) is 3. The number of hydrogen-bond acceptors (Lipinski definition) is 6. The van der Waals surface area contributed by atoms with E-state index in [2.05, 4.69) is 6.07 Å². The number of carbonyl (C=O) groups is 2. The third kappa shape index (κ3) is 6.92. The van der Waals surface area contributed by atoms with Gasteiger partial charge in [0.2, 0.25) is 0 Å². The molecular weight excluding hydrogens is 480 g/mol. The maximum absolute atomic E-state index is 13.9. The Balaban J connectivity index is 2.33. The molecule has 3 aromatic rings. The quantitative estimate of drug-likeness (QED) is 0.297. The number of anilines is 1. The summed E-state index contributed by atoms with van der Waals surface area (Å²) in [7, 11) is 1.57. The lowest BCUT2D eigenvalue weighted by Crippen LogP contribution is -2.44. The van der Waals surface area contributed by atoms with Crippen LogP contribution in [0.3, 0.4) is 0 Å². The molecule has 0 bridgehead atoms. The van der Waals surface area contributed by atoms with Gasteiger partial charge in [0.1, 0.15) is 11.4 Å². The first-order valence-corrected chi connectivity index (χ1v) is 12.5. The Morgan fingerprint density at radius 1 is 0.895 bits per heavy atom. The molecule has 7 nitrogen and oxygen atoms in total. The van der Waals surface area contributed by atoms with Gasteiger partial charge in [-0.25, -0.2) is 4.79 Å². The fourth-order valence-corrected chi connectivity index (χ4v) is 4.34. The lowest BCUT2D eigenvalue weighted by Gasteiger charge is -2.39. The van der Waals surface area contributed by atoms with Crippen molar-refractivity contribution in [2.75, 3.05) is 18.6 Å². The number of methoxy groups -OCH3 is 1. The number of esters is 1. The van der Waals surface area contributed by atoms with Gasteiger partial charge in [0.15, 0.2) is 5.92 Å². The van der Waals surface area contributed by atoms with Gasteiger partial charge in [0, 0.05) is 11.6 Å². The zero-order valence-corrected chi connectivity index (χ0v) is 22.5. The maximum atomic E-state index is 13.9. The molecule has 0 fully saturated rings. The zero-order chi connectivity index (χ0) is 27.7. The Labute approximate surface area is 224 Å². The highest BCUT2D eigenvalue weighted by atomic mass is 16.6. The standard InChI is InChI=1S/C31H34N2O5/c1-6-37-29(34)26(21-32)27(22-13-9-7-10-14-22)28(23-15-11-8-12-16-23)33(30(35)38-31(2,3)4)24-17-19-25(36-5)20-18-24/h7-20,26-28H,6H2,1-5H3/t26?,27-,28+/m0/s1. The van der Waals surface area contributed by atoms with Crippen molar-refractivity contribution in [2.24, 2.45) is 5.92 Å². The first-order valence-electron chi connectivity index (χ1n) is 12.5. The Kier molecular flexibility index (Phi) is 9.50. The lowest BCUT2D eigenvalue weighted by atomic mass is 9.77. The minimum atomic E-state index is -1.20. The molecule has 0 saturated heterocycles. The second-order valence-electron chi connectivity index (χ2n) is 9.70. The van der Waals surface area contributed by atoms with Crippen LogP contribution in [-0.4, -0.2) is 31.4 Å². The SMILES string of the molecule is CCOC(=O)C(C#N)[C@H](c1ccccc1)[C@@H](c1ccccc1)N(C(=O)OC(C)(C)C)c1ccc(OC)cc1. The molecule has 3 atom stereocenters. The minimum absolute atomic E-state index is 0.128. The summed E-state index contributed by atoms with van der Waals surface area (Å²) in [6.07, 6.45) is -0.613. The van der Waals surface area contributed by atoms with E-state index in [1.807, 2.05) is 60.7 Å². The molecule has 0 aliphatic rings. The number of benzene rings is 3. The van der Waals surface area contributed by atoms with Crippen LogP contribution >= 0.6 is 0 Å². The van der Waals surface area contributed by atoms with E-state index in [9.17, 15) is 14.9 Å². The average Bonchev–Trinajstić information content (AvgIpc) is 2.91. The molecule has 0 aliphatic heterocycles. The van der Waals surface area contributed by atoms with Crippen molar-refractivity contribution in [1.82, 2.24) is 0 Å². The van der Waals surface area contributed by atoms with Gasteiger partial charge in [-0.05, 0) is 63.1 Å². The van der Waals surface area contributed by atoms with Crippen LogP contribution in [0.2, 0.25) is 0 Å². The molecular formula is C31H34N2O5. The van der Waals surface area contributed by atoms with E-state index in [4.69, 9.17) is 14.2 Å². The summed E-state index contributed by atoms with van der Waals surface area (Å²) < 4.78 is 16.5. The van der Waals surface area contributed by atoms with Crippen LogP contribution in [0.5, 0.6) is 5.75 Å². The molecule has 0 N–H and O–H groups in total. The molecule has 1 unspecified atom stereocenters. The Hall–Kier alpha value is -4.31. The summed E-state index contributed by atoms with van der Waals surface area (Å²) in [4.78, 5) is 28.6. The van der Waals surface area contributed by atoms with Crippen LogP contribution in [-0.2, 0) is 14.3 Å². The molecule has 3 aromatic carbocycles. The summed E-state index contributed by atoms with van der Waals surface area (Å²) in [5.74, 6) is -2.01. The highest BCUT2D eigenvalue weighted by Crippen LogP contribution is 2.44. The molecule has 3 rings (SSSR count). The van der Waals surface area contributed by atoms with Gasteiger partial charge < -0.3 is 14.2 Å². The second-order valence-corrected chi connectivity index (χ2v) is 9.70. The van der Waals surface area contributed by atoms with E-state index >= 15 is 0 Å². The van der Waals surface area contributed by atoms with E-state index in [1.54, 1.807) is 59.1 Å². The van der Waals surface area contributed by atoms with Crippen LogP contribution in [0, 0.1) is 17.2 Å². The predicted molar refractivity (Wildman–Crippen MR) is 146 cm³/mol. The molecule has 0 aromatic heterocycles. The molecule has 0 spiro atoms. The van der Waals surface area contributed by atoms with Crippen LogP contribution in [0.4, 0.5) is 10.5 Å². The zero-order valence-electron chi connectivity index (χ0n) is 22.5. The van der Waals surface area contributed by atoms with Crippen molar-refractivity contribution >= 4 is 17.7 Å². The Bertz CT molecular complexity index is 1230. The number of hydrogen-bond donors (Lipinski definition) is 0. The highest BCUT2D eigenvalue weighted by Gasteiger charge is 2.43. The summed E-state index contributed by atoms with van der Waals surface area (Å²) in [6.45, 7) is 7.20. The third-order valence-electron chi connectivity index (χ3n) is 5.92. The van der Waals surface area contributed by atoms with Gasteiger partial charge in [0.05, 0.1) is 25.8 Å². The minimum Gasteiger partial charge on any atom is -0.497 e. The molecule has 38 heavy (non-hydrogen) atoms. The molecule has 0 heterocycles. The summed E-state index contributed by atoms with van der Waals surface area (Å²) in [5, 5.41) is 10.3. The molecule has 7 heteroatoms. The number of carbonyl (C=O) groups excluding carboxylic acids is 2. The van der Waals surface area contributed by atoms with Gasteiger partial charge >= 0.3 is 12.1 Å². The second kappa shape index (κ2) is 12.8. The summed E-state index contributed by atoms with van der Waals surface area (Å²) in [5.41, 5.74) is 1.17. The van der Waals surface area contributed by atoms with Crippen LogP contribution < -0.4 is 9.64 Å². The van der Waals surface area contributed by atoms with Crippen molar-refractivity contribution in [2.45, 2.75) is 45.3 Å². The van der Waals surface area contributed by atoms with Crippen molar-refractivity contribution in [3.8, 4) is 11.8 Å². The number of nitrogens with zero attached hydrogens (tertiary/aromatic N) is 2. The van der Waals surface area contributed by atoms with E-state index in [0.29, 0.717) is 17.0 Å². The number of rotatable bonds is 9. The van der Waals surface area contributed by atoms with Crippen LogP contribution in [0.25, 0.3) is 0 Å². The van der Waals surface area contributed by atoms with Gasteiger partial charge in [-0.3, -0.25) is 9.69 Å². The van der Waals surface area contributed by atoms with Crippen molar-refractivity contribution < 1.29 is 23.8 Å². The summed E-state index contributed by atoms with van der Waals surface area (Å²) >= 11 is 0. The van der Waals surface area contributed by atoms with Gasteiger partial charge in [0.25, 0.3) is 0 Å². The van der Waals surface area contributed by atoms with E-state index in [0.717, 1.165) is 5.56 Å². The number of nitriles is 1. The van der Waals surface area contributed by atoms with Gasteiger partial charge in [-0.2, -0.15) is 5.26 Å². The maximum Gasteiger partial charge on any atom is 0.415 e. The van der Waals surface area contributed by atoms with Crippen LogP contribution in [0.15, 0.2) is 84.9 Å². The largest absolute Gasteiger partial charge is 0.497 e. The Morgan fingerprint density at radius 3 is 1.92 bits per heavy atom. The van der Waals surface area contributed by atoms with E-state index in [-0.39, 0.29) is 6.61 Å². The lowest BCUT2D eigenvalue weighted by molar-refractivity contribution is -0.146. The topological polar surface area (TPSA) is 88.9 Å².